The lowest BCUT2D eigenvalue weighted by atomic mass is 9.65. The SMILES string of the molecule is CN(C1=CC(C2=CCCC=C2)=CC(C2C=CC=CC2)C1)c1cccc2c1C1(c3ccccc3O2)c2ccccc2-c2ccccc21. The Labute approximate surface area is 272 Å². The molecule has 46 heavy (non-hydrogen) atoms. The fourth-order valence-electron chi connectivity index (χ4n) is 8.58. The average molecular weight is 596 g/mol. The molecule has 4 aromatic carbocycles. The first kappa shape index (κ1) is 27.2. The Morgan fingerprint density at radius 1 is 0.696 bits per heavy atom. The topological polar surface area (TPSA) is 12.5 Å². The second-order valence-corrected chi connectivity index (χ2v) is 13.1. The van der Waals surface area contributed by atoms with Gasteiger partial charge >= 0.3 is 0 Å². The Bertz CT molecular complexity index is 2020. The summed E-state index contributed by atoms with van der Waals surface area (Å²) in [7, 11) is 2.27. The summed E-state index contributed by atoms with van der Waals surface area (Å²) in [5.41, 5.74) is 12.4. The molecule has 2 nitrogen and oxygen atoms in total. The van der Waals surface area contributed by atoms with Crippen LogP contribution in [0, 0.1) is 11.8 Å². The van der Waals surface area contributed by atoms with Crippen LogP contribution in [0.2, 0.25) is 0 Å². The highest BCUT2D eigenvalue weighted by Crippen LogP contribution is 2.64. The number of hydrogen-bond acceptors (Lipinski definition) is 2. The molecule has 4 aliphatic carbocycles. The molecule has 2 heteroatoms. The van der Waals surface area contributed by atoms with Gasteiger partial charge in [-0.3, -0.25) is 0 Å². The van der Waals surface area contributed by atoms with Gasteiger partial charge in [-0.05, 0) is 95.2 Å². The van der Waals surface area contributed by atoms with Crippen molar-refractivity contribution < 1.29 is 4.74 Å². The third kappa shape index (κ3) is 4.02. The van der Waals surface area contributed by atoms with Gasteiger partial charge in [-0.1, -0.05) is 121 Å². The monoisotopic (exact) mass is 595 g/mol. The largest absolute Gasteiger partial charge is 0.457 e. The van der Waals surface area contributed by atoms with Crippen molar-refractivity contribution in [2.24, 2.45) is 11.8 Å². The van der Waals surface area contributed by atoms with E-state index >= 15 is 0 Å². The highest BCUT2D eigenvalue weighted by molar-refractivity contribution is 5.91. The lowest BCUT2D eigenvalue weighted by Crippen LogP contribution is -2.35. The van der Waals surface area contributed by atoms with Crippen molar-refractivity contribution >= 4 is 5.69 Å². The van der Waals surface area contributed by atoms with Crippen molar-refractivity contribution in [1.29, 1.82) is 0 Å². The summed E-state index contributed by atoms with van der Waals surface area (Å²) in [5, 5.41) is 0. The minimum atomic E-state index is -0.499. The van der Waals surface area contributed by atoms with E-state index in [1.54, 1.807) is 0 Å². The molecule has 0 bridgehead atoms. The maximum Gasteiger partial charge on any atom is 0.134 e. The van der Waals surface area contributed by atoms with Gasteiger partial charge in [0.25, 0.3) is 0 Å². The van der Waals surface area contributed by atoms with Crippen molar-refractivity contribution in [2.75, 3.05) is 11.9 Å². The third-order valence-corrected chi connectivity index (χ3v) is 10.7. The molecule has 9 rings (SSSR count). The number of para-hydroxylation sites is 1. The van der Waals surface area contributed by atoms with Gasteiger partial charge in [0, 0.05) is 29.6 Å². The number of ether oxygens (including phenoxy) is 1. The molecule has 0 saturated carbocycles. The van der Waals surface area contributed by atoms with E-state index in [4.69, 9.17) is 4.74 Å². The number of benzene rings is 4. The molecule has 0 N–H and O–H groups in total. The van der Waals surface area contributed by atoms with E-state index in [9.17, 15) is 0 Å². The number of anilines is 1. The fraction of sp³-hybridized carbons (Fsp3) is 0.182. The summed E-state index contributed by atoms with van der Waals surface area (Å²) >= 11 is 0. The molecule has 0 saturated heterocycles. The first-order valence-electron chi connectivity index (χ1n) is 16.7. The van der Waals surface area contributed by atoms with E-state index in [2.05, 4.69) is 158 Å². The molecule has 1 heterocycles. The molecule has 0 fully saturated rings. The molecule has 224 valence electrons. The Kier molecular flexibility index (Phi) is 6.38. The fourth-order valence-corrected chi connectivity index (χ4v) is 8.58. The zero-order chi connectivity index (χ0) is 30.7. The number of hydrogen-bond donors (Lipinski definition) is 0. The summed E-state index contributed by atoms with van der Waals surface area (Å²) in [6.45, 7) is 0. The number of rotatable bonds is 4. The molecule has 0 aromatic heterocycles. The molecular formula is C44H37NO. The highest BCUT2D eigenvalue weighted by Gasteiger charge is 2.52. The van der Waals surface area contributed by atoms with Crippen molar-refractivity contribution in [3.05, 3.63) is 185 Å². The van der Waals surface area contributed by atoms with Gasteiger partial charge in [0.2, 0.25) is 0 Å². The second kappa shape index (κ2) is 10.8. The molecular weight excluding hydrogens is 558 g/mol. The molecule has 2 atom stereocenters. The quantitative estimate of drug-likeness (QED) is 0.201. The van der Waals surface area contributed by atoms with Gasteiger partial charge in [0.05, 0.1) is 5.41 Å². The van der Waals surface area contributed by atoms with Crippen LogP contribution < -0.4 is 9.64 Å². The molecule has 1 spiro atoms. The van der Waals surface area contributed by atoms with Crippen molar-refractivity contribution in [1.82, 2.24) is 0 Å². The Morgan fingerprint density at radius 3 is 2.17 bits per heavy atom. The van der Waals surface area contributed by atoms with E-state index in [0.717, 1.165) is 37.2 Å². The molecule has 2 unspecified atom stereocenters. The summed E-state index contributed by atoms with van der Waals surface area (Å²) in [4.78, 5) is 2.47. The minimum Gasteiger partial charge on any atom is -0.457 e. The van der Waals surface area contributed by atoms with Crippen LogP contribution in [0.15, 0.2) is 163 Å². The van der Waals surface area contributed by atoms with Crippen molar-refractivity contribution in [2.45, 2.75) is 31.1 Å². The maximum absolute atomic E-state index is 6.81. The number of fused-ring (bicyclic) bond motifs is 9. The zero-order valence-electron chi connectivity index (χ0n) is 26.2. The lowest BCUT2D eigenvalue weighted by Gasteiger charge is -2.42. The van der Waals surface area contributed by atoms with E-state index in [1.807, 2.05) is 0 Å². The normalized spacial score (nSPS) is 21.3. The van der Waals surface area contributed by atoms with Crippen LogP contribution in [0.1, 0.15) is 47.9 Å². The van der Waals surface area contributed by atoms with Crippen LogP contribution in [-0.4, -0.2) is 7.05 Å². The van der Waals surface area contributed by atoms with Gasteiger partial charge in [0.1, 0.15) is 11.5 Å². The maximum atomic E-state index is 6.81. The van der Waals surface area contributed by atoms with Gasteiger partial charge in [0.15, 0.2) is 0 Å². The van der Waals surface area contributed by atoms with Gasteiger partial charge in [-0.2, -0.15) is 0 Å². The van der Waals surface area contributed by atoms with E-state index in [-0.39, 0.29) is 0 Å². The Hall–Kier alpha value is -5.08. The predicted molar refractivity (Wildman–Crippen MR) is 189 cm³/mol. The van der Waals surface area contributed by atoms with E-state index in [0.29, 0.717) is 11.8 Å². The summed E-state index contributed by atoms with van der Waals surface area (Å²) in [6.07, 6.45) is 25.5. The van der Waals surface area contributed by atoms with Gasteiger partial charge < -0.3 is 9.64 Å². The Morgan fingerprint density at radius 2 is 1.43 bits per heavy atom. The van der Waals surface area contributed by atoms with E-state index in [1.165, 1.54) is 55.9 Å². The van der Waals surface area contributed by atoms with Crippen molar-refractivity contribution in [3.63, 3.8) is 0 Å². The smallest absolute Gasteiger partial charge is 0.134 e. The summed E-state index contributed by atoms with van der Waals surface area (Å²) in [5.74, 6) is 2.77. The molecule has 4 aromatic rings. The number of nitrogens with zero attached hydrogens (tertiary/aromatic N) is 1. The van der Waals surface area contributed by atoms with Crippen LogP contribution in [0.25, 0.3) is 11.1 Å². The van der Waals surface area contributed by atoms with Crippen LogP contribution >= 0.6 is 0 Å². The van der Waals surface area contributed by atoms with Gasteiger partial charge in [-0.15, -0.1) is 0 Å². The van der Waals surface area contributed by atoms with Crippen molar-refractivity contribution in [3.8, 4) is 22.6 Å². The third-order valence-electron chi connectivity index (χ3n) is 10.7. The standard InChI is InChI=1S/C44H37NO/c1-45(34-28-32(30-15-4-2-5-16-30)27-33(29-34)31-17-6-3-7-18-31)40-24-14-26-42-43(40)44(39-23-12-13-25-41(39)46-42)37-21-10-8-19-35(37)36-20-9-11-22-38(36)44/h2,4-6,8-15,17-27,29-30,32H,3,7,16,28H2,1H3. The minimum absolute atomic E-state index is 0.424. The predicted octanol–water partition coefficient (Wildman–Crippen LogP) is 10.8. The zero-order valence-corrected chi connectivity index (χ0v) is 26.2. The average Bonchev–Trinajstić information content (AvgIpc) is 3.42. The van der Waals surface area contributed by atoms with E-state index < -0.39 is 5.41 Å². The molecule has 5 aliphatic rings. The molecule has 1 aliphatic heterocycles. The Balaban J connectivity index is 1.25. The molecule has 0 radical (unpaired) electrons. The van der Waals surface area contributed by atoms with Crippen LogP contribution in [0.3, 0.4) is 0 Å². The van der Waals surface area contributed by atoms with Crippen LogP contribution in [0.5, 0.6) is 11.5 Å². The molecule has 0 amide bonds. The first-order chi connectivity index (χ1) is 22.7. The summed E-state index contributed by atoms with van der Waals surface area (Å²) < 4.78 is 6.81. The summed E-state index contributed by atoms with van der Waals surface area (Å²) in [6, 6.07) is 33.2. The van der Waals surface area contributed by atoms with Gasteiger partial charge in [-0.25, -0.2) is 0 Å². The van der Waals surface area contributed by atoms with Crippen LogP contribution in [-0.2, 0) is 5.41 Å². The van der Waals surface area contributed by atoms with Crippen LogP contribution in [0.4, 0.5) is 5.69 Å². The highest BCUT2D eigenvalue weighted by atomic mass is 16.5. The lowest BCUT2D eigenvalue weighted by molar-refractivity contribution is 0.436. The number of allylic oxidation sites excluding steroid dienone is 12. The first-order valence-corrected chi connectivity index (χ1v) is 16.7. The second-order valence-electron chi connectivity index (χ2n) is 13.1.